The third-order valence-corrected chi connectivity index (χ3v) is 5.72. The van der Waals surface area contributed by atoms with E-state index in [0.29, 0.717) is 0 Å². The average molecular weight is 435 g/mol. The Bertz CT molecular complexity index is 242. The van der Waals surface area contributed by atoms with Gasteiger partial charge in [-0.25, -0.2) is 0 Å². The number of quaternary nitrogens is 1. The zero-order chi connectivity index (χ0) is 18.6. The minimum absolute atomic E-state index is 0. The number of unbranched alkanes of at least 4 members (excludes halogenated alkanes) is 12. The molecule has 0 bridgehead atoms. The van der Waals surface area contributed by atoms with Gasteiger partial charge in [-0.1, -0.05) is 117 Å². The van der Waals surface area contributed by atoms with E-state index in [1.54, 1.807) is 4.90 Å². The van der Waals surface area contributed by atoms with Crippen molar-refractivity contribution in [2.24, 2.45) is 5.92 Å². The topological polar surface area (TPSA) is 4.44 Å². The van der Waals surface area contributed by atoms with E-state index < -0.39 is 0 Å². The van der Waals surface area contributed by atoms with Crippen LogP contribution in [0.15, 0.2) is 0 Å². The Balaban J connectivity index is 0. The summed E-state index contributed by atoms with van der Waals surface area (Å²) >= 11 is 0. The highest BCUT2D eigenvalue weighted by Gasteiger charge is 2.09. The fraction of sp³-hybridized carbons (Fsp3) is 1.00. The van der Waals surface area contributed by atoms with E-state index in [2.05, 4.69) is 27.9 Å². The molecule has 0 amide bonds. The van der Waals surface area contributed by atoms with Gasteiger partial charge in [0.15, 0.2) is 0 Å². The van der Waals surface area contributed by atoms with Crippen LogP contribution in [0.2, 0.25) is 0 Å². The lowest BCUT2D eigenvalue weighted by Crippen LogP contribution is -3.05. The first-order valence-corrected chi connectivity index (χ1v) is 12.0. The third kappa shape index (κ3) is 22.5. The van der Waals surface area contributed by atoms with Crippen molar-refractivity contribution < 1.29 is 21.9 Å². The van der Waals surface area contributed by atoms with E-state index in [9.17, 15) is 0 Å². The van der Waals surface area contributed by atoms with Crippen LogP contribution in [0.25, 0.3) is 0 Å². The summed E-state index contributed by atoms with van der Waals surface area (Å²) in [6, 6.07) is 0. The Labute approximate surface area is 177 Å². The SMILES string of the molecule is CCCCCCCCCCCCC(CCCCC)CCCC[NH+](C)C.[Br-]. The summed E-state index contributed by atoms with van der Waals surface area (Å²) in [5.41, 5.74) is 0. The quantitative estimate of drug-likeness (QED) is 0.278. The van der Waals surface area contributed by atoms with Gasteiger partial charge in [0.25, 0.3) is 0 Å². The van der Waals surface area contributed by atoms with Crippen molar-refractivity contribution in [3.05, 3.63) is 0 Å². The Morgan fingerprint density at radius 1 is 0.500 bits per heavy atom. The molecule has 0 fully saturated rings. The summed E-state index contributed by atoms with van der Waals surface area (Å²) in [4.78, 5) is 1.61. The lowest BCUT2D eigenvalue weighted by Gasteiger charge is -2.17. The smallest absolute Gasteiger partial charge is 0.0766 e. The molecule has 0 aromatic carbocycles. The number of rotatable bonds is 20. The van der Waals surface area contributed by atoms with Crippen molar-refractivity contribution in [2.45, 2.75) is 129 Å². The van der Waals surface area contributed by atoms with Crippen LogP contribution in [-0.2, 0) is 0 Å². The van der Waals surface area contributed by atoms with Gasteiger partial charge >= 0.3 is 0 Å². The second-order valence-corrected chi connectivity index (χ2v) is 8.79. The molecule has 1 N–H and O–H groups in total. The highest BCUT2D eigenvalue weighted by molar-refractivity contribution is 4.61. The Morgan fingerprint density at radius 2 is 0.846 bits per heavy atom. The molecule has 0 radical (unpaired) electrons. The normalized spacial score (nSPS) is 12.3. The molecule has 0 saturated heterocycles. The van der Waals surface area contributed by atoms with Crippen molar-refractivity contribution in [1.82, 2.24) is 0 Å². The first-order chi connectivity index (χ1) is 12.2. The molecule has 26 heavy (non-hydrogen) atoms. The molecular weight excluding hydrogens is 382 g/mol. The van der Waals surface area contributed by atoms with Crippen molar-refractivity contribution >= 4 is 0 Å². The van der Waals surface area contributed by atoms with E-state index in [1.165, 1.54) is 122 Å². The Morgan fingerprint density at radius 3 is 1.31 bits per heavy atom. The number of nitrogens with one attached hydrogen (secondary N) is 1. The fourth-order valence-electron chi connectivity index (χ4n) is 3.95. The summed E-state index contributed by atoms with van der Waals surface area (Å²) < 4.78 is 0. The molecule has 1 nitrogen and oxygen atoms in total. The molecule has 2 heteroatoms. The predicted octanol–water partition coefficient (Wildman–Crippen LogP) is 3.81. The van der Waals surface area contributed by atoms with Gasteiger partial charge in [0.1, 0.15) is 0 Å². The molecule has 0 aromatic rings. The summed E-state index contributed by atoms with van der Waals surface area (Å²) in [5, 5.41) is 0. The average Bonchev–Trinajstić information content (AvgIpc) is 2.59. The Hall–Kier alpha value is 0.440. The van der Waals surface area contributed by atoms with Gasteiger partial charge in [0, 0.05) is 0 Å². The van der Waals surface area contributed by atoms with Gasteiger partial charge in [-0.15, -0.1) is 0 Å². The predicted molar refractivity (Wildman–Crippen MR) is 116 cm³/mol. The fourth-order valence-corrected chi connectivity index (χ4v) is 3.95. The third-order valence-electron chi connectivity index (χ3n) is 5.72. The van der Waals surface area contributed by atoms with E-state index in [-0.39, 0.29) is 17.0 Å². The lowest BCUT2D eigenvalue weighted by atomic mass is 9.90. The molecule has 160 valence electrons. The minimum Gasteiger partial charge on any atom is -1.00 e. The van der Waals surface area contributed by atoms with Crippen molar-refractivity contribution in [3.8, 4) is 0 Å². The lowest BCUT2D eigenvalue weighted by molar-refractivity contribution is -0.858. The van der Waals surface area contributed by atoms with Crippen molar-refractivity contribution in [3.63, 3.8) is 0 Å². The first kappa shape index (κ1) is 28.6. The van der Waals surface area contributed by atoms with Gasteiger partial charge in [0.05, 0.1) is 20.6 Å². The summed E-state index contributed by atoms with van der Waals surface area (Å²) in [6.45, 7) is 5.98. The number of hydrogen-bond donors (Lipinski definition) is 1. The van der Waals surface area contributed by atoms with Crippen molar-refractivity contribution in [2.75, 3.05) is 20.6 Å². The maximum Gasteiger partial charge on any atom is 0.0766 e. The van der Waals surface area contributed by atoms with Gasteiger partial charge in [0.2, 0.25) is 0 Å². The van der Waals surface area contributed by atoms with Crippen LogP contribution < -0.4 is 21.9 Å². The number of hydrogen-bond acceptors (Lipinski definition) is 0. The molecule has 0 heterocycles. The molecule has 0 aliphatic heterocycles. The maximum atomic E-state index is 2.33. The second kappa shape index (κ2) is 23.5. The maximum absolute atomic E-state index is 2.33. The van der Waals surface area contributed by atoms with E-state index in [0.717, 1.165) is 5.92 Å². The van der Waals surface area contributed by atoms with E-state index in [4.69, 9.17) is 0 Å². The molecular formula is C24H52BrN. The number of halogens is 1. The van der Waals surface area contributed by atoms with E-state index >= 15 is 0 Å². The monoisotopic (exact) mass is 433 g/mol. The van der Waals surface area contributed by atoms with Gasteiger partial charge in [-0.2, -0.15) is 0 Å². The van der Waals surface area contributed by atoms with Crippen LogP contribution >= 0.6 is 0 Å². The summed E-state index contributed by atoms with van der Waals surface area (Å²) in [6.07, 6.45) is 26.3. The molecule has 0 aliphatic carbocycles. The van der Waals surface area contributed by atoms with Crippen LogP contribution in [0, 0.1) is 5.92 Å². The molecule has 1 atom stereocenters. The first-order valence-electron chi connectivity index (χ1n) is 12.0. The van der Waals surface area contributed by atoms with Crippen LogP contribution in [-0.4, -0.2) is 20.6 Å². The highest BCUT2D eigenvalue weighted by atomic mass is 79.9. The highest BCUT2D eigenvalue weighted by Crippen LogP contribution is 2.23. The summed E-state index contributed by atoms with van der Waals surface area (Å²) in [5.74, 6) is 1.03. The van der Waals surface area contributed by atoms with Gasteiger partial charge < -0.3 is 21.9 Å². The zero-order valence-corrected chi connectivity index (χ0v) is 20.5. The standard InChI is InChI=1S/C24H51N.BrH/c1-5-7-9-10-11-12-13-14-15-17-21-24(20-16-8-6-2)22-18-19-23-25(3)4;/h24H,5-23H2,1-4H3;1H. The second-order valence-electron chi connectivity index (χ2n) is 8.79. The molecule has 0 aromatic heterocycles. The van der Waals surface area contributed by atoms with Crippen LogP contribution in [0.4, 0.5) is 0 Å². The zero-order valence-electron chi connectivity index (χ0n) is 18.9. The van der Waals surface area contributed by atoms with Gasteiger partial charge in [-0.05, 0) is 18.8 Å². The molecule has 1 unspecified atom stereocenters. The molecule has 0 rings (SSSR count). The minimum atomic E-state index is 0. The van der Waals surface area contributed by atoms with Crippen LogP contribution in [0.5, 0.6) is 0 Å². The van der Waals surface area contributed by atoms with E-state index in [1.807, 2.05) is 0 Å². The van der Waals surface area contributed by atoms with Crippen LogP contribution in [0.1, 0.15) is 129 Å². The summed E-state index contributed by atoms with van der Waals surface area (Å²) in [7, 11) is 4.56. The van der Waals surface area contributed by atoms with Crippen molar-refractivity contribution in [1.29, 1.82) is 0 Å². The molecule has 0 aliphatic rings. The Kier molecular flexibility index (Phi) is 25.9. The van der Waals surface area contributed by atoms with Crippen LogP contribution in [0.3, 0.4) is 0 Å². The molecule has 0 saturated carbocycles. The molecule has 0 spiro atoms. The largest absolute Gasteiger partial charge is 1.00 e. The van der Waals surface area contributed by atoms with Gasteiger partial charge in [-0.3, -0.25) is 0 Å².